The molecule has 4 heteroatoms. The molecule has 86 valence electrons. The highest BCUT2D eigenvalue weighted by Gasteiger charge is 2.30. The van der Waals surface area contributed by atoms with Crippen LogP contribution in [-0.2, 0) is 11.2 Å². The minimum atomic E-state index is 0.247. The van der Waals surface area contributed by atoms with E-state index in [1.807, 2.05) is 0 Å². The minimum absolute atomic E-state index is 0.247. The lowest BCUT2D eigenvalue weighted by Crippen LogP contribution is -2.13. The van der Waals surface area contributed by atoms with Crippen LogP contribution < -0.4 is 0 Å². The molecule has 2 fully saturated rings. The molecule has 2 saturated carbocycles. The van der Waals surface area contributed by atoms with E-state index in [0.29, 0.717) is 18.2 Å². The summed E-state index contributed by atoms with van der Waals surface area (Å²) in [5.41, 5.74) is 0. The van der Waals surface area contributed by atoms with Crippen LogP contribution in [0, 0.1) is 5.92 Å². The molecule has 3 rings (SSSR count). The standard InChI is InChI=1S/C12H16N2O2/c15-10(8-3-1-2-4-8)7-11-13-12(14-16-11)9-5-6-9/h8-9H,1-7H2. The van der Waals surface area contributed by atoms with Crippen LogP contribution in [0.2, 0.25) is 0 Å². The number of rotatable bonds is 4. The van der Waals surface area contributed by atoms with Crippen LogP contribution in [0.5, 0.6) is 0 Å². The summed E-state index contributed by atoms with van der Waals surface area (Å²) in [6.07, 6.45) is 7.13. The first kappa shape index (κ1) is 10.00. The third kappa shape index (κ3) is 2.01. The van der Waals surface area contributed by atoms with Gasteiger partial charge in [-0.3, -0.25) is 4.79 Å². The Bertz CT molecular complexity index is 389. The summed E-state index contributed by atoms with van der Waals surface area (Å²) < 4.78 is 5.11. The zero-order valence-electron chi connectivity index (χ0n) is 9.32. The van der Waals surface area contributed by atoms with Gasteiger partial charge in [-0.2, -0.15) is 4.98 Å². The van der Waals surface area contributed by atoms with Gasteiger partial charge < -0.3 is 4.52 Å². The largest absolute Gasteiger partial charge is 0.339 e. The van der Waals surface area contributed by atoms with Gasteiger partial charge in [-0.15, -0.1) is 0 Å². The molecule has 16 heavy (non-hydrogen) atoms. The molecule has 0 aliphatic heterocycles. The first-order valence-electron chi connectivity index (χ1n) is 6.18. The maximum absolute atomic E-state index is 11.9. The van der Waals surface area contributed by atoms with Crippen LogP contribution in [0.4, 0.5) is 0 Å². The third-order valence-electron chi connectivity index (χ3n) is 3.56. The molecule has 0 amide bonds. The minimum Gasteiger partial charge on any atom is -0.339 e. The van der Waals surface area contributed by atoms with Crippen molar-refractivity contribution in [3.63, 3.8) is 0 Å². The van der Waals surface area contributed by atoms with E-state index in [2.05, 4.69) is 10.1 Å². The third-order valence-corrected chi connectivity index (χ3v) is 3.56. The van der Waals surface area contributed by atoms with Gasteiger partial charge in [0.2, 0.25) is 5.89 Å². The first-order valence-corrected chi connectivity index (χ1v) is 6.18. The molecule has 0 aromatic carbocycles. The normalized spacial score (nSPS) is 21.5. The van der Waals surface area contributed by atoms with Crippen LogP contribution in [0.3, 0.4) is 0 Å². The molecule has 2 aliphatic carbocycles. The Morgan fingerprint density at radius 2 is 2.00 bits per heavy atom. The smallest absolute Gasteiger partial charge is 0.234 e. The predicted molar refractivity (Wildman–Crippen MR) is 56.9 cm³/mol. The summed E-state index contributed by atoms with van der Waals surface area (Å²) in [5.74, 6) is 2.34. The van der Waals surface area contributed by atoms with E-state index in [1.165, 1.54) is 12.8 Å². The van der Waals surface area contributed by atoms with E-state index in [0.717, 1.165) is 31.5 Å². The molecule has 2 aliphatic rings. The van der Waals surface area contributed by atoms with E-state index in [9.17, 15) is 4.79 Å². The Balaban J connectivity index is 1.61. The van der Waals surface area contributed by atoms with Crippen LogP contribution in [-0.4, -0.2) is 15.9 Å². The summed E-state index contributed by atoms with van der Waals surface area (Å²) in [5, 5.41) is 3.92. The highest BCUT2D eigenvalue weighted by Crippen LogP contribution is 2.38. The van der Waals surface area contributed by atoms with Crippen molar-refractivity contribution in [1.82, 2.24) is 10.1 Å². The fourth-order valence-electron chi connectivity index (χ4n) is 2.39. The van der Waals surface area contributed by atoms with Crippen LogP contribution in [0.25, 0.3) is 0 Å². The van der Waals surface area contributed by atoms with Gasteiger partial charge in [0, 0.05) is 11.8 Å². The van der Waals surface area contributed by atoms with E-state index < -0.39 is 0 Å². The van der Waals surface area contributed by atoms with E-state index in [4.69, 9.17) is 4.52 Å². The maximum atomic E-state index is 11.9. The van der Waals surface area contributed by atoms with Gasteiger partial charge in [-0.05, 0) is 25.7 Å². The maximum Gasteiger partial charge on any atom is 0.234 e. The highest BCUT2D eigenvalue weighted by atomic mass is 16.5. The Morgan fingerprint density at radius 1 is 1.25 bits per heavy atom. The molecule has 0 radical (unpaired) electrons. The summed E-state index contributed by atoms with van der Waals surface area (Å²) in [6, 6.07) is 0. The van der Waals surface area contributed by atoms with E-state index in [-0.39, 0.29) is 11.7 Å². The van der Waals surface area contributed by atoms with E-state index in [1.54, 1.807) is 0 Å². The van der Waals surface area contributed by atoms with Crippen molar-refractivity contribution in [3.8, 4) is 0 Å². The molecule has 4 nitrogen and oxygen atoms in total. The number of hydrogen-bond donors (Lipinski definition) is 0. The SMILES string of the molecule is O=C(Cc1nc(C2CC2)no1)C1CCCC1. The Kier molecular flexibility index (Phi) is 2.50. The number of carbonyl (C=O) groups excluding carboxylic acids is 1. The monoisotopic (exact) mass is 220 g/mol. The summed E-state index contributed by atoms with van der Waals surface area (Å²) in [6.45, 7) is 0. The molecule has 0 saturated heterocycles. The van der Waals surface area contributed by atoms with Gasteiger partial charge in [0.1, 0.15) is 5.78 Å². The van der Waals surface area contributed by atoms with E-state index >= 15 is 0 Å². The van der Waals surface area contributed by atoms with Crippen molar-refractivity contribution >= 4 is 5.78 Å². The second-order valence-corrected chi connectivity index (χ2v) is 4.95. The Hall–Kier alpha value is -1.19. The Morgan fingerprint density at radius 3 is 2.69 bits per heavy atom. The van der Waals surface area contributed by atoms with Crippen molar-refractivity contribution < 1.29 is 9.32 Å². The molecule has 1 aromatic rings. The molecule has 0 bridgehead atoms. The van der Waals surface area contributed by atoms with Gasteiger partial charge >= 0.3 is 0 Å². The lowest BCUT2D eigenvalue weighted by molar-refractivity contribution is -0.122. The number of Topliss-reactive ketones (excluding diaryl/α,β-unsaturated/α-hetero) is 1. The number of ketones is 1. The summed E-state index contributed by atoms with van der Waals surface area (Å²) >= 11 is 0. The second kappa shape index (κ2) is 4.00. The lowest BCUT2D eigenvalue weighted by Gasteiger charge is -2.04. The first-order chi connectivity index (χ1) is 7.83. The van der Waals surface area contributed by atoms with Gasteiger partial charge in [0.15, 0.2) is 5.82 Å². The molecule has 0 N–H and O–H groups in total. The number of aromatic nitrogens is 2. The van der Waals surface area contributed by atoms with Crippen molar-refractivity contribution in [2.75, 3.05) is 0 Å². The van der Waals surface area contributed by atoms with Gasteiger partial charge in [-0.1, -0.05) is 18.0 Å². The van der Waals surface area contributed by atoms with Gasteiger partial charge in [-0.25, -0.2) is 0 Å². The molecular weight excluding hydrogens is 204 g/mol. The molecule has 1 heterocycles. The van der Waals surface area contributed by atoms with Gasteiger partial charge in [0.25, 0.3) is 0 Å². The predicted octanol–water partition coefficient (Wildman–Crippen LogP) is 2.25. The van der Waals surface area contributed by atoms with Crippen molar-refractivity contribution in [2.24, 2.45) is 5.92 Å². The lowest BCUT2D eigenvalue weighted by atomic mass is 10.0. The van der Waals surface area contributed by atoms with Crippen molar-refractivity contribution in [1.29, 1.82) is 0 Å². The molecular formula is C12H16N2O2. The average molecular weight is 220 g/mol. The fourth-order valence-corrected chi connectivity index (χ4v) is 2.39. The highest BCUT2D eigenvalue weighted by molar-refractivity contribution is 5.82. The van der Waals surface area contributed by atoms with Crippen molar-refractivity contribution in [2.45, 2.75) is 50.9 Å². The average Bonchev–Trinajstić information content (AvgIpc) is 2.82. The zero-order valence-corrected chi connectivity index (χ0v) is 9.32. The molecule has 1 aromatic heterocycles. The molecule has 0 unspecified atom stereocenters. The quantitative estimate of drug-likeness (QED) is 0.780. The zero-order chi connectivity index (χ0) is 11.0. The number of nitrogens with zero attached hydrogens (tertiary/aromatic N) is 2. The summed E-state index contributed by atoms with van der Waals surface area (Å²) in [4.78, 5) is 16.2. The molecule has 0 spiro atoms. The Labute approximate surface area is 94.4 Å². The topological polar surface area (TPSA) is 56.0 Å². The molecule has 0 atom stereocenters. The van der Waals surface area contributed by atoms with Crippen LogP contribution in [0.15, 0.2) is 4.52 Å². The van der Waals surface area contributed by atoms with Crippen molar-refractivity contribution in [3.05, 3.63) is 11.7 Å². The van der Waals surface area contributed by atoms with Gasteiger partial charge in [0.05, 0.1) is 6.42 Å². The fraction of sp³-hybridized carbons (Fsp3) is 0.750. The van der Waals surface area contributed by atoms with Crippen LogP contribution in [0.1, 0.15) is 56.2 Å². The van der Waals surface area contributed by atoms with Crippen LogP contribution >= 0.6 is 0 Å². The summed E-state index contributed by atoms with van der Waals surface area (Å²) in [7, 11) is 0. The number of hydrogen-bond acceptors (Lipinski definition) is 4. The number of carbonyl (C=O) groups is 1. The second-order valence-electron chi connectivity index (χ2n) is 4.95.